The summed E-state index contributed by atoms with van der Waals surface area (Å²) >= 11 is 2.12. The predicted octanol–water partition coefficient (Wildman–Crippen LogP) is 4.62. The maximum Gasteiger partial charge on any atom is 0.238 e. The molecule has 0 amide bonds. The van der Waals surface area contributed by atoms with Crippen molar-refractivity contribution in [2.45, 2.75) is 24.8 Å². The van der Waals surface area contributed by atoms with Gasteiger partial charge in [0.2, 0.25) is 10.0 Å². The molecule has 5 nitrogen and oxygen atoms in total. The van der Waals surface area contributed by atoms with E-state index < -0.39 is 10.0 Å². The van der Waals surface area contributed by atoms with E-state index in [0.717, 1.165) is 3.57 Å². The summed E-state index contributed by atoms with van der Waals surface area (Å²) in [5.41, 5.74) is 1.73. The minimum absolute atomic E-state index is 0.0584. The summed E-state index contributed by atoms with van der Waals surface area (Å²) < 4.78 is 31.0. The molecule has 0 bridgehead atoms. The topological polar surface area (TPSA) is 86.5 Å². The van der Waals surface area contributed by atoms with E-state index in [9.17, 15) is 13.2 Å². The van der Waals surface area contributed by atoms with Crippen LogP contribution in [0, 0.1) is 3.57 Å². The number of halogens is 1. The molecule has 150 valence electrons. The van der Waals surface area contributed by atoms with Gasteiger partial charge in [-0.05, 0) is 72.3 Å². The minimum atomic E-state index is -4.01. The van der Waals surface area contributed by atoms with Crippen molar-refractivity contribution < 1.29 is 17.9 Å². The molecule has 7 heteroatoms. The number of primary sulfonamides is 1. The quantitative estimate of drug-likeness (QED) is 0.379. The van der Waals surface area contributed by atoms with Crippen molar-refractivity contribution in [2.24, 2.45) is 5.14 Å². The van der Waals surface area contributed by atoms with Crippen LogP contribution >= 0.6 is 22.6 Å². The maximum absolute atomic E-state index is 13.2. The zero-order valence-electron chi connectivity index (χ0n) is 15.9. The van der Waals surface area contributed by atoms with Crippen LogP contribution in [-0.4, -0.2) is 20.3 Å². The van der Waals surface area contributed by atoms with E-state index in [1.807, 2.05) is 26.0 Å². The van der Waals surface area contributed by atoms with Gasteiger partial charge >= 0.3 is 0 Å². The Morgan fingerprint density at radius 2 is 1.66 bits per heavy atom. The number of carbonyl (C=O) groups is 1. The van der Waals surface area contributed by atoms with Crippen LogP contribution in [0.2, 0.25) is 0 Å². The van der Waals surface area contributed by atoms with Gasteiger partial charge in [-0.2, -0.15) is 0 Å². The number of rotatable bonds is 6. The average molecular weight is 521 g/mol. The molecular weight excluding hydrogens is 501 g/mol. The molecule has 3 rings (SSSR count). The highest BCUT2D eigenvalue weighted by Crippen LogP contribution is 2.35. The molecule has 3 aromatic carbocycles. The summed E-state index contributed by atoms with van der Waals surface area (Å²) in [6, 6.07) is 18.8. The fourth-order valence-corrected chi connectivity index (χ4v) is 4.22. The lowest BCUT2D eigenvalue weighted by Crippen LogP contribution is -2.15. The first-order valence-electron chi connectivity index (χ1n) is 8.90. The van der Waals surface area contributed by atoms with E-state index in [1.165, 1.54) is 6.07 Å². The van der Waals surface area contributed by atoms with E-state index in [4.69, 9.17) is 9.88 Å². The van der Waals surface area contributed by atoms with Crippen LogP contribution in [0.1, 0.15) is 29.8 Å². The number of carbonyl (C=O) groups excluding carboxylic acids is 1. The standard InChI is InChI=1S/C22H20INO4S/c1-14(2)28-17-9-11-21(29(24,26)27)19(13-17)18-10-8-16(23)12-20(18)22(25)15-6-4-3-5-7-15/h3-14H,1-2H3,(H2,24,26,27). The van der Waals surface area contributed by atoms with Crippen LogP contribution < -0.4 is 9.88 Å². The van der Waals surface area contributed by atoms with Gasteiger partial charge in [-0.15, -0.1) is 0 Å². The number of hydrogen-bond acceptors (Lipinski definition) is 4. The first-order valence-corrected chi connectivity index (χ1v) is 11.5. The van der Waals surface area contributed by atoms with Crippen molar-refractivity contribution >= 4 is 38.4 Å². The van der Waals surface area contributed by atoms with E-state index in [-0.39, 0.29) is 16.8 Å². The van der Waals surface area contributed by atoms with E-state index in [2.05, 4.69) is 22.6 Å². The fraction of sp³-hybridized carbons (Fsp3) is 0.136. The molecule has 2 N–H and O–H groups in total. The Labute approximate surface area is 184 Å². The molecule has 3 aromatic rings. The van der Waals surface area contributed by atoms with Crippen molar-refractivity contribution in [2.75, 3.05) is 0 Å². The second kappa shape index (κ2) is 8.64. The molecule has 29 heavy (non-hydrogen) atoms. The van der Waals surface area contributed by atoms with Gasteiger partial charge in [-0.1, -0.05) is 36.4 Å². The summed E-state index contributed by atoms with van der Waals surface area (Å²) in [6.07, 6.45) is -0.0923. The molecule has 0 aromatic heterocycles. The van der Waals surface area contributed by atoms with Crippen molar-refractivity contribution in [1.82, 2.24) is 0 Å². The monoisotopic (exact) mass is 521 g/mol. The number of hydrogen-bond donors (Lipinski definition) is 1. The van der Waals surface area contributed by atoms with Gasteiger partial charge in [-0.25, -0.2) is 13.6 Å². The van der Waals surface area contributed by atoms with E-state index in [1.54, 1.807) is 48.5 Å². The molecule has 0 spiro atoms. The third-order valence-electron chi connectivity index (χ3n) is 4.18. The first kappa shape index (κ1) is 21.5. The van der Waals surface area contributed by atoms with Gasteiger partial charge in [0.05, 0.1) is 11.0 Å². The Bertz CT molecular complexity index is 1160. The molecule has 0 aliphatic rings. The number of ketones is 1. The predicted molar refractivity (Wildman–Crippen MR) is 122 cm³/mol. The van der Waals surface area contributed by atoms with Crippen LogP contribution in [0.5, 0.6) is 5.75 Å². The van der Waals surface area contributed by atoms with Crippen molar-refractivity contribution in [3.05, 3.63) is 81.4 Å². The van der Waals surface area contributed by atoms with E-state index in [0.29, 0.717) is 28.0 Å². The zero-order valence-corrected chi connectivity index (χ0v) is 18.9. The Hall–Kier alpha value is -2.23. The minimum Gasteiger partial charge on any atom is -0.491 e. The average Bonchev–Trinajstić information content (AvgIpc) is 2.66. The molecule has 0 fully saturated rings. The highest BCUT2D eigenvalue weighted by molar-refractivity contribution is 14.1. The summed E-state index contributed by atoms with van der Waals surface area (Å²) in [4.78, 5) is 13.1. The Morgan fingerprint density at radius 3 is 2.28 bits per heavy atom. The first-order chi connectivity index (χ1) is 13.7. The van der Waals surface area contributed by atoms with Crippen molar-refractivity contribution in [1.29, 1.82) is 0 Å². The van der Waals surface area contributed by atoms with E-state index >= 15 is 0 Å². The van der Waals surface area contributed by atoms with Gasteiger partial charge in [0.1, 0.15) is 5.75 Å². The highest BCUT2D eigenvalue weighted by atomic mass is 127. The lowest BCUT2D eigenvalue weighted by atomic mass is 9.94. The number of ether oxygens (including phenoxy) is 1. The van der Waals surface area contributed by atoms with Crippen molar-refractivity contribution in [3.63, 3.8) is 0 Å². The molecule has 0 aliphatic heterocycles. The van der Waals surface area contributed by atoms with Gasteiger partial charge in [0, 0.05) is 20.3 Å². The number of benzene rings is 3. The van der Waals surface area contributed by atoms with Gasteiger partial charge in [0.15, 0.2) is 5.78 Å². The summed E-state index contributed by atoms with van der Waals surface area (Å²) in [6.45, 7) is 3.75. The lowest BCUT2D eigenvalue weighted by molar-refractivity contribution is 0.103. The lowest BCUT2D eigenvalue weighted by Gasteiger charge is -2.16. The SMILES string of the molecule is CC(C)Oc1ccc(S(N)(=O)=O)c(-c2ccc(I)cc2C(=O)c2ccccc2)c1. The molecular formula is C22H20INO4S. The van der Waals surface area contributed by atoms with Crippen LogP contribution in [0.3, 0.4) is 0 Å². The third-order valence-corrected chi connectivity index (χ3v) is 5.82. The maximum atomic E-state index is 13.2. The fourth-order valence-electron chi connectivity index (χ4n) is 3.00. The van der Waals surface area contributed by atoms with Gasteiger partial charge in [0.25, 0.3) is 0 Å². The second-order valence-corrected chi connectivity index (χ2v) is 9.53. The van der Waals surface area contributed by atoms with Crippen LogP contribution in [0.15, 0.2) is 71.6 Å². The Kier molecular flexibility index (Phi) is 6.40. The smallest absolute Gasteiger partial charge is 0.238 e. The molecule has 0 saturated carbocycles. The molecule has 0 atom stereocenters. The van der Waals surface area contributed by atoms with Gasteiger partial charge in [-0.3, -0.25) is 4.79 Å². The zero-order chi connectivity index (χ0) is 21.2. The summed E-state index contributed by atoms with van der Waals surface area (Å²) in [5.74, 6) is 0.300. The molecule has 0 saturated heterocycles. The molecule has 0 radical (unpaired) electrons. The Morgan fingerprint density at radius 1 is 0.966 bits per heavy atom. The summed E-state index contributed by atoms with van der Waals surface area (Å²) in [7, 11) is -4.01. The van der Waals surface area contributed by atoms with Gasteiger partial charge < -0.3 is 4.74 Å². The number of nitrogens with two attached hydrogens (primary N) is 1. The third kappa shape index (κ3) is 5.04. The van der Waals surface area contributed by atoms with Crippen LogP contribution in [-0.2, 0) is 10.0 Å². The normalized spacial score (nSPS) is 11.5. The number of sulfonamides is 1. The molecule has 0 unspecified atom stereocenters. The van der Waals surface area contributed by atoms with Crippen LogP contribution in [0.25, 0.3) is 11.1 Å². The Balaban J connectivity index is 2.26. The van der Waals surface area contributed by atoms with Crippen LogP contribution in [0.4, 0.5) is 0 Å². The molecule has 0 aliphatic carbocycles. The summed E-state index contributed by atoms with van der Waals surface area (Å²) in [5, 5.41) is 5.46. The van der Waals surface area contributed by atoms with Crippen molar-refractivity contribution in [3.8, 4) is 16.9 Å². The molecule has 0 heterocycles. The largest absolute Gasteiger partial charge is 0.491 e. The highest BCUT2D eigenvalue weighted by Gasteiger charge is 2.22. The second-order valence-electron chi connectivity index (χ2n) is 6.75.